The van der Waals surface area contributed by atoms with Crippen LogP contribution < -0.4 is 5.32 Å². The van der Waals surface area contributed by atoms with Crippen molar-refractivity contribution in [3.05, 3.63) is 63.3 Å². The molecule has 134 valence electrons. The summed E-state index contributed by atoms with van der Waals surface area (Å²) in [5.74, 6) is -0.754. The fourth-order valence-corrected chi connectivity index (χ4v) is 4.21. The van der Waals surface area contributed by atoms with E-state index >= 15 is 0 Å². The molecule has 0 atom stereocenters. The molecule has 0 unspecified atom stereocenters. The number of carbonyl (C=O) groups excluding carboxylic acids is 2. The molecule has 0 aliphatic heterocycles. The molecule has 1 N–H and O–H groups in total. The average Bonchev–Trinajstić information content (AvgIpc) is 3.23. The molecule has 1 aromatic carbocycles. The summed E-state index contributed by atoms with van der Waals surface area (Å²) in [6.45, 7) is 3.59. The van der Waals surface area contributed by atoms with Gasteiger partial charge >= 0.3 is 5.97 Å². The zero-order valence-corrected chi connectivity index (χ0v) is 16.5. The molecule has 0 radical (unpaired) electrons. The Bertz CT molecular complexity index is 915. The van der Waals surface area contributed by atoms with E-state index in [4.69, 9.17) is 16.3 Å². The topological polar surface area (TPSA) is 55.4 Å². The molecule has 7 heteroatoms. The van der Waals surface area contributed by atoms with E-state index in [0.29, 0.717) is 21.2 Å². The monoisotopic (exact) mass is 405 g/mol. The van der Waals surface area contributed by atoms with Crippen LogP contribution in [0, 0.1) is 0 Å². The summed E-state index contributed by atoms with van der Waals surface area (Å²) in [6, 6.07) is 10.4. The molecule has 0 bridgehead atoms. The smallest absolute Gasteiger partial charge is 0.342 e. The van der Waals surface area contributed by atoms with E-state index in [1.807, 2.05) is 22.9 Å². The number of anilines is 1. The molecule has 0 aliphatic carbocycles. The molecule has 3 rings (SSSR count). The first-order chi connectivity index (χ1) is 12.5. The van der Waals surface area contributed by atoms with Crippen molar-refractivity contribution in [2.24, 2.45) is 0 Å². The summed E-state index contributed by atoms with van der Waals surface area (Å²) < 4.78 is 5.38. The van der Waals surface area contributed by atoms with Crippen molar-refractivity contribution < 1.29 is 14.3 Å². The van der Waals surface area contributed by atoms with Gasteiger partial charge in [-0.15, -0.1) is 22.7 Å². The summed E-state index contributed by atoms with van der Waals surface area (Å²) in [5.41, 5.74) is 1.61. The molecule has 0 aliphatic rings. The lowest BCUT2D eigenvalue weighted by molar-refractivity contribution is 0.0380. The lowest BCUT2D eigenvalue weighted by Gasteiger charge is -2.11. The normalized spacial score (nSPS) is 10.8. The van der Waals surface area contributed by atoms with Crippen LogP contribution in [0.3, 0.4) is 0 Å². The third-order valence-corrected chi connectivity index (χ3v) is 5.51. The van der Waals surface area contributed by atoms with Crippen LogP contribution in [0.2, 0.25) is 5.02 Å². The molecule has 4 nitrogen and oxygen atoms in total. The highest BCUT2D eigenvalue weighted by molar-refractivity contribution is 7.17. The number of carbonyl (C=O) groups is 2. The second kappa shape index (κ2) is 8.03. The van der Waals surface area contributed by atoms with Gasteiger partial charge in [-0.3, -0.25) is 4.79 Å². The van der Waals surface area contributed by atoms with Crippen LogP contribution >= 0.6 is 34.3 Å². The van der Waals surface area contributed by atoms with Crippen molar-refractivity contribution in [1.82, 2.24) is 0 Å². The molecule has 26 heavy (non-hydrogen) atoms. The van der Waals surface area contributed by atoms with Crippen LogP contribution in [0.25, 0.3) is 10.4 Å². The lowest BCUT2D eigenvalue weighted by Crippen LogP contribution is -2.16. The Morgan fingerprint density at radius 1 is 1.12 bits per heavy atom. The summed E-state index contributed by atoms with van der Waals surface area (Å²) in [6.07, 6.45) is -0.251. The Balaban J connectivity index is 1.94. The van der Waals surface area contributed by atoms with E-state index in [1.54, 1.807) is 38.1 Å². The van der Waals surface area contributed by atoms with Gasteiger partial charge in [0.05, 0.1) is 6.10 Å². The second-order valence-electron chi connectivity index (χ2n) is 5.75. The molecule has 2 aromatic heterocycles. The fraction of sp³-hybridized carbons (Fsp3) is 0.158. The van der Waals surface area contributed by atoms with Gasteiger partial charge in [0.1, 0.15) is 10.6 Å². The average molecular weight is 406 g/mol. The first-order valence-electron chi connectivity index (χ1n) is 7.89. The molecular formula is C19H16ClNO3S2. The Morgan fingerprint density at radius 2 is 1.85 bits per heavy atom. The predicted molar refractivity (Wildman–Crippen MR) is 108 cm³/mol. The van der Waals surface area contributed by atoms with E-state index in [9.17, 15) is 9.59 Å². The molecule has 2 heterocycles. The Labute approximate surface area is 164 Å². The second-order valence-corrected chi connectivity index (χ2v) is 8.01. The quantitative estimate of drug-likeness (QED) is 0.534. The number of amides is 1. The van der Waals surface area contributed by atoms with E-state index < -0.39 is 5.97 Å². The fourth-order valence-electron chi connectivity index (χ4n) is 2.32. The maximum absolute atomic E-state index is 12.6. The first-order valence-corrected chi connectivity index (χ1v) is 10.0. The highest BCUT2D eigenvalue weighted by Crippen LogP contribution is 2.38. The van der Waals surface area contributed by atoms with Gasteiger partial charge in [0.15, 0.2) is 0 Å². The molecule has 0 saturated heterocycles. The maximum atomic E-state index is 12.6. The third kappa shape index (κ3) is 4.15. The Hall–Kier alpha value is -2.15. The molecule has 1 amide bonds. The minimum atomic E-state index is -0.448. The van der Waals surface area contributed by atoms with Gasteiger partial charge in [-0.05, 0) is 49.6 Å². The van der Waals surface area contributed by atoms with Gasteiger partial charge in [0.25, 0.3) is 5.91 Å². The van der Waals surface area contributed by atoms with Crippen molar-refractivity contribution in [2.45, 2.75) is 20.0 Å². The van der Waals surface area contributed by atoms with E-state index in [0.717, 1.165) is 10.4 Å². The predicted octanol–water partition coefficient (Wildman–Crippen LogP) is 5.95. The number of ether oxygens (including phenoxy) is 1. The Morgan fingerprint density at radius 3 is 2.46 bits per heavy atom. The standard InChI is InChI=1S/C19H16ClNO3S2/c1-11(2)24-19(23)16-14(15-4-3-9-25-15)10-26-18(16)21-17(22)12-5-7-13(20)8-6-12/h3-11H,1-2H3,(H,21,22). The van der Waals surface area contributed by atoms with Crippen LogP contribution in [0.15, 0.2) is 47.2 Å². The van der Waals surface area contributed by atoms with E-state index in [1.165, 1.54) is 22.7 Å². The SMILES string of the molecule is CC(C)OC(=O)c1c(-c2cccs2)csc1NC(=O)c1ccc(Cl)cc1. The summed E-state index contributed by atoms with van der Waals surface area (Å²) in [4.78, 5) is 26.1. The van der Waals surface area contributed by atoms with Crippen molar-refractivity contribution >= 4 is 51.2 Å². The van der Waals surface area contributed by atoms with Gasteiger partial charge in [-0.2, -0.15) is 0 Å². The van der Waals surface area contributed by atoms with Crippen molar-refractivity contribution in [3.63, 3.8) is 0 Å². The number of hydrogen-bond donors (Lipinski definition) is 1. The molecule has 0 spiro atoms. The van der Waals surface area contributed by atoms with Crippen molar-refractivity contribution in [1.29, 1.82) is 0 Å². The Kier molecular flexibility index (Phi) is 5.76. The number of halogens is 1. The number of esters is 1. The van der Waals surface area contributed by atoms with E-state index in [2.05, 4.69) is 5.32 Å². The van der Waals surface area contributed by atoms with Gasteiger partial charge < -0.3 is 10.1 Å². The summed E-state index contributed by atoms with van der Waals surface area (Å²) in [7, 11) is 0. The van der Waals surface area contributed by atoms with Crippen LogP contribution in [-0.4, -0.2) is 18.0 Å². The highest BCUT2D eigenvalue weighted by atomic mass is 35.5. The zero-order valence-electron chi connectivity index (χ0n) is 14.1. The van der Waals surface area contributed by atoms with E-state index in [-0.39, 0.29) is 12.0 Å². The van der Waals surface area contributed by atoms with Crippen LogP contribution in [0.4, 0.5) is 5.00 Å². The number of rotatable bonds is 5. The minimum absolute atomic E-state index is 0.251. The van der Waals surface area contributed by atoms with Gasteiger partial charge in [0.2, 0.25) is 0 Å². The zero-order chi connectivity index (χ0) is 18.7. The molecule has 0 fully saturated rings. The highest BCUT2D eigenvalue weighted by Gasteiger charge is 2.24. The molecule has 3 aromatic rings. The van der Waals surface area contributed by atoms with Crippen molar-refractivity contribution in [3.8, 4) is 10.4 Å². The summed E-state index contributed by atoms with van der Waals surface area (Å²) in [5, 5.41) is 7.65. The van der Waals surface area contributed by atoms with Crippen LogP contribution in [-0.2, 0) is 4.74 Å². The largest absolute Gasteiger partial charge is 0.459 e. The number of nitrogens with one attached hydrogen (secondary N) is 1. The molecule has 0 saturated carbocycles. The minimum Gasteiger partial charge on any atom is -0.459 e. The lowest BCUT2D eigenvalue weighted by atomic mass is 10.1. The number of benzene rings is 1. The number of thiophene rings is 2. The van der Waals surface area contributed by atoms with Gasteiger partial charge in [-0.25, -0.2) is 4.79 Å². The third-order valence-electron chi connectivity index (χ3n) is 3.46. The van der Waals surface area contributed by atoms with Crippen LogP contribution in [0.5, 0.6) is 0 Å². The van der Waals surface area contributed by atoms with Gasteiger partial charge in [-0.1, -0.05) is 17.7 Å². The maximum Gasteiger partial charge on any atom is 0.342 e. The number of hydrogen-bond acceptors (Lipinski definition) is 5. The first kappa shape index (κ1) is 18.6. The molecular weight excluding hydrogens is 390 g/mol. The van der Waals surface area contributed by atoms with Crippen LogP contribution in [0.1, 0.15) is 34.6 Å². The van der Waals surface area contributed by atoms with Crippen molar-refractivity contribution in [2.75, 3.05) is 5.32 Å². The van der Waals surface area contributed by atoms with Gasteiger partial charge in [0, 0.05) is 26.4 Å². The summed E-state index contributed by atoms with van der Waals surface area (Å²) >= 11 is 8.69.